The zero-order valence-corrected chi connectivity index (χ0v) is 15.3. The van der Waals surface area contributed by atoms with E-state index in [-0.39, 0.29) is 17.9 Å². The van der Waals surface area contributed by atoms with E-state index in [1.807, 2.05) is 18.2 Å². The number of rotatable bonds is 3. The minimum Gasteiger partial charge on any atom is -0.497 e. The van der Waals surface area contributed by atoms with Gasteiger partial charge >= 0.3 is 0 Å². The second-order valence-corrected chi connectivity index (χ2v) is 6.81. The molecule has 7 nitrogen and oxygen atoms in total. The van der Waals surface area contributed by atoms with Gasteiger partial charge in [-0.25, -0.2) is 0 Å². The molecule has 27 heavy (non-hydrogen) atoms. The Labute approximate surface area is 157 Å². The average Bonchev–Trinajstić information content (AvgIpc) is 3.04. The van der Waals surface area contributed by atoms with Crippen LogP contribution in [0.3, 0.4) is 0 Å². The van der Waals surface area contributed by atoms with Crippen molar-refractivity contribution in [2.75, 3.05) is 26.1 Å². The molecule has 0 spiro atoms. The highest BCUT2D eigenvalue weighted by Crippen LogP contribution is 2.36. The molecular formula is C20H22N3O4+. The Kier molecular flexibility index (Phi) is 4.24. The van der Waals surface area contributed by atoms with Crippen molar-refractivity contribution in [2.45, 2.75) is 18.5 Å². The second-order valence-electron chi connectivity index (χ2n) is 6.81. The van der Waals surface area contributed by atoms with Crippen molar-refractivity contribution in [3.8, 4) is 22.6 Å². The summed E-state index contributed by atoms with van der Waals surface area (Å²) < 4.78 is 10.7. The Bertz CT molecular complexity index is 927. The van der Waals surface area contributed by atoms with Crippen LogP contribution in [0.1, 0.15) is 16.8 Å². The number of anilines is 1. The molecule has 0 aromatic heterocycles. The summed E-state index contributed by atoms with van der Waals surface area (Å²) in [6, 6.07) is 10.4. The predicted molar refractivity (Wildman–Crippen MR) is 99.7 cm³/mol. The number of fused-ring (bicyclic) bond motifs is 2. The maximum Gasteiger partial charge on any atom is 0.256 e. The molecule has 2 amide bonds. The van der Waals surface area contributed by atoms with Gasteiger partial charge in [0, 0.05) is 24.6 Å². The van der Waals surface area contributed by atoms with Crippen LogP contribution in [0.15, 0.2) is 36.4 Å². The summed E-state index contributed by atoms with van der Waals surface area (Å²) >= 11 is 0. The van der Waals surface area contributed by atoms with E-state index in [0.717, 1.165) is 17.5 Å². The number of benzene rings is 2. The minimum absolute atomic E-state index is 0.0931. The van der Waals surface area contributed by atoms with E-state index >= 15 is 0 Å². The Morgan fingerprint density at radius 2 is 1.89 bits per heavy atom. The zero-order valence-electron chi connectivity index (χ0n) is 15.3. The molecule has 2 aliphatic heterocycles. The molecule has 2 heterocycles. The molecule has 0 saturated carbocycles. The van der Waals surface area contributed by atoms with Crippen LogP contribution in [0, 0.1) is 0 Å². The van der Waals surface area contributed by atoms with Gasteiger partial charge in [0.05, 0.1) is 25.5 Å². The number of amides is 2. The molecule has 0 unspecified atom stereocenters. The number of nitrogens with zero attached hydrogens (tertiary/aromatic N) is 1. The van der Waals surface area contributed by atoms with E-state index in [4.69, 9.17) is 9.47 Å². The maximum atomic E-state index is 13.1. The highest BCUT2D eigenvalue weighted by atomic mass is 16.5. The Morgan fingerprint density at radius 1 is 1.07 bits per heavy atom. The molecule has 1 saturated heterocycles. The molecule has 2 atom stereocenters. The van der Waals surface area contributed by atoms with Gasteiger partial charge in [-0.2, -0.15) is 0 Å². The Morgan fingerprint density at radius 3 is 2.63 bits per heavy atom. The van der Waals surface area contributed by atoms with Crippen molar-refractivity contribution < 1.29 is 24.8 Å². The van der Waals surface area contributed by atoms with Crippen molar-refractivity contribution in [3.63, 3.8) is 0 Å². The number of hydrogen-bond acceptors (Lipinski definition) is 4. The summed E-state index contributed by atoms with van der Waals surface area (Å²) in [5, 5.41) is 2.89. The van der Waals surface area contributed by atoms with E-state index in [1.54, 1.807) is 37.3 Å². The molecule has 0 aliphatic carbocycles. The number of carbonyl (C=O) groups excluding carboxylic acids is 2. The minimum atomic E-state index is -0.510. The summed E-state index contributed by atoms with van der Waals surface area (Å²) in [5.41, 5.74) is 6.72. The van der Waals surface area contributed by atoms with Gasteiger partial charge < -0.3 is 25.4 Å². The van der Waals surface area contributed by atoms with E-state index in [2.05, 4.69) is 11.1 Å². The predicted octanol–water partition coefficient (Wildman–Crippen LogP) is 1.15. The zero-order chi connectivity index (χ0) is 19.1. The summed E-state index contributed by atoms with van der Waals surface area (Å²) in [6.45, 7) is 0.542. The van der Waals surface area contributed by atoms with Crippen LogP contribution in [-0.2, 0) is 4.79 Å². The Balaban J connectivity index is 1.79. The lowest BCUT2D eigenvalue weighted by atomic mass is 10.00. The van der Waals surface area contributed by atoms with Crippen molar-refractivity contribution in [1.82, 2.24) is 4.90 Å². The highest BCUT2D eigenvalue weighted by molar-refractivity contribution is 6.11. The molecule has 1 fully saturated rings. The van der Waals surface area contributed by atoms with Crippen LogP contribution in [0.2, 0.25) is 0 Å². The van der Waals surface area contributed by atoms with Gasteiger partial charge in [0.15, 0.2) is 6.04 Å². The fourth-order valence-corrected chi connectivity index (χ4v) is 3.84. The second kappa shape index (κ2) is 6.59. The lowest BCUT2D eigenvalue weighted by Crippen LogP contribution is -2.68. The third-order valence-electron chi connectivity index (χ3n) is 5.28. The molecule has 7 heteroatoms. The van der Waals surface area contributed by atoms with E-state index in [9.17, 15) is 9.59 Å². The maximum absolute atomic E-state index is 13.1. The number of hydrogen-bond donors (Lipinski definition) is 2. The largest absolute Gasteiger partial charge is 0.497 e. The first-order chi connectivity index (χ1) is 13.0. The summed E-state index contributed by atoms with van der Waals surface area (Å²) in [6.07, 6.45) is 0.727. The molecule has 4 rings (SSSR count). The van der Waals surface area contributed by atoms with Crippen molar-refractivity contribution in [2.24, 2.45) is 0 Å². The lowest BCUT2D eigenvalue weighted by Gasteiger charge is -2.20. The first kappa shape index (κ1) is 17.4. The van der Waals surface area contributed by atoms with Gasteiger partial charge in [0.25, 0.3) is 11.8 Å². The number of nitrogens with one attached hydrogen (secondary N) is 1. The topological polar surface area (TPSA) is 95.5 Å². The third kappa shape index (κ3) is 2.80. The fourth-order valence-electron chi connectivity index (χ4n) is 3.84. The van der Waals surface area contributed by atoms with Gasteiger partial charge in [-0.05, 0) is 29.8 Å². The monoisotopic (exact) mass is 368 g/mol. The van der Waals surface area contributed by atoms with Gasteiger partial charge in [-0.15, -0.1) is 0 Å². The van der Waals surface area contributed by atoms with E-state index in [1.165, 1.54) is 0 Å². The molecule has 2 aliphatic rings. The average molecular weight is 368 g/mol. The smallest absolute Gasteiger partial charge is 0.256 e. The summed E-state index contributed by atoms with van der Waals surface area (Å²) in [7, 11) is 3.19. The highest BCUT2D eigenvalue weighted by Gasteiger charge is 2.45. The first-order valence-corrected chi connectivity index (χ1v) is 8.85. The molecule has 0 radical (unpaired) electrons. The van der Waals surface area contributed by atoms with Crippen molar-refractivity contribution >= 4 is 17.5 Å². The standard InChI is InChI=1S/C20H21N3O4/c1-26-12-4-5-13(17(10-12)27-2)11-3-6-16-14(9-11)20(25)23-8-7-15(21)18(23)19(24)22-16/h3-6,9-10,15,18H,7-8,21H2,1-2H3,(H,22,24)/p+1/t15-,18-/m0/s1. The van der Waals surface area contributed by atoms with Crippen LogP contribution < -0.4 is 20.5 Å². The normalized spacial score (nSPS) is 21.2. The van der Waals surface area contributed by atoms with Gasteiger partial charge in [-0.3, -0.25) is 9.59 Å². The van der Waals surface area contributed by atoms with E-state index < -0.39 is 6.04 Å². The summed E-state index contributed by atoms with van der Waals surface area (Å²) in [4.78, 5) is 27.3. The van der Waals surface area contributed by atoms with Gasteiger partial charge in [-0.1, -0.05) is 6.07 Å². The van der Waals surface area contributed by atoms with Crippen LogP contribution in [0.25, 0.3) is 11.1 Å². The number of ether oxygens (including phenoxy) is 2. The van der Waals surface area contributed by atoms with Crippen LogP contribution in [-0.4, -0.2) is 49.6 Å². The molecule has 2 aromatic rings. The molecule has 4 N–H and O–H groups in total. The quantitative estimate of drug-likeness (QED) is 0.849. The van der Waals surface area contributed by atoms with E-state index in [0.29, 0.717) is 29.3 Å². The Hall–Kier alpha value is -3.06. The third-order valence-corrected chi connectivity index (χ3v) is 5.28. The first-order valence-electron chi connectivity index (χ1n) is 8.85. The molecular weight excluding hydrogens is 346 g/mol. The lowest BCUT2D eigenvalue weighted by molar-refractivity contribution is -0.419. The van der Waals surface area contributed by atoms with Gasteiger partial charge in [0.1, 0.15) is 17.5 Å². The molecule has 140 valence electrons. The van der Waals surface area contributed by atoms with Crippen LogP contribution >= 0.6 is 0 Å². The van der Waals surface area contributed by atoms with Crippen LogP contribution in [0.5, 0.6) is 11.5 Å². The van der Waals surface area contributed by atoms with Gasteiger partial charge in [0.2, 0.25) is 0 Å². The van der Waals surface area contributed by atoms with Crippen LogP contribution in [0.4, 0.5) is 5.69 Å². The van der Waals surface area contributed by atoms with Crippen molar-refractivity contribution in [3.05, 3.63) is 42.0 Å². The molecule has 0 bridgehead atoms. The summed E-state index contributed by atoms with van der Waals surface area (Å²) in [5.74, 6) is 1.02. The SMILES string of the molecule is COc1ccc(-c2ccc3c(c2)C(=O)N2CC[C@H]([NH3+])[C@H]2C(=O)N3)c(OC)c1. The fraction of sp³-hybridized carbons (Fsp3) is 0.300. The van der Waals surface area contributed by atoms with Crippen molar-refractivity contribution in [1.29, 1.82) is 0 Å². The number of quaternary nitrogens is 1. The molecule has 2 aromatic carbocycles. The number of carbonyl (C=O) groups is 2. The number of methoxy groups -OCH3 is 2.